The molecule has 0 saturated heterocycles. The molecule has 1 heteroatoms. The standard InChI is InChI=1S/C18H19N/c1-3-5-7-16-10-12-17(13-11-16)19-18-9-6-8-15(4-2)14-18/h2,6,8-14,19H,3,5,7H2,1H3. The Morgan fingerprint density at radius 3 is 2.53 bits per heavy atom. The van der Waals surface area contributed by atoms with Crippen LogP contribution in [0.1, 0.15) is 30.9 Å². The predicted octanol–water partition coefficient (Wildman–Crippen LogP) is 4.75. The van der Waals surface area contributed by atoms with Crippen LogP contribution in [-0.4, -0.2) is 0 Å². The highest BCUT2D eigenvalue weighted by atomic mass is 14.9. The molecule has 0 bridgehead atoms. The minimum absolute atomic E-state index is 0.893. The molecule has 2 rings (SSSR count). The molecule has 0 aliphatic rings. The molecule has 0 radical (unpaired) electrons. The Hall–Kier alpha value is -2.20. The van der Waals surface area contributed by atoms with E-state index < -0.39 is 0 Å². The van der Waals surface area contributed by atoms with Gasteiger partial charge in [0.15, 0.2) is 0 Å². The van der Waals surface area contributed by atoms with E-state index in [2.05, 4.69) is 42.4 Å². The maximum atomic E-state index is 5.40. The Kier molecular flexibility index (Phi) is 4.64. The van der Waals surface area contributed by atoms with Gasteiger partial charge in [-0.25, -0.2) is 0 Å². The Morgan fingerprint density at radius 2 is 1.84 bits per heavy atom. The maximum Gasteiger partial charge on any atom is 0.0396 e. The molecule has 0 aromatic heterocycles. The van der Waals surface area contributed by atoms with Crippen LogP contribution in [0.2, 0.25) is 0 Å². The lowest BCUT2D eigenvalue weighted by molar-refractivity contribution is 0.795. The summed E-state index contributed by atoms with van der Waals surface area (Å²) in [6.45, 7) is 2.22. The first kappa shape index (κ1) is 13.2. The van der Waals surface area contributed by atoms with Gasteiger partial charge in [-0.1, -0.05) is 37.5 Å². The lowest BCUT2D eigenvalue weighted by atomic mass is 10.1. The second-order valence-electron chi connectivity index (χ2n) is 4.65. The summed E-state index contributed by atoms with van der Waals surface area (Å²) in [5.74, 6) is 2.65. The molecule has 0 heterocycles. The fraction of sp³-hybridized carbons (Fsp3) is 0.222. The highest BCUT2D eigenvalue weighted by Gasteiger charge is 1.97. The van der Waals surface area contributed by atoms with Crippen LogP contribution in [0.15, 0.2) is 48.5 Å². The average Bonchev–Trinajstić information content (AvgIpc) is 2.47. The van der Waals surface area contributed by atoms with Crippen molar-refractivity contribution >= 4 is 11.4 Å². The van der Waals surface area contributed by atoms with Crippen LogP contribution in [-0.2, 0) is 6.42 Å². The first-order valence-electron chi connectivity index (χ1n) is 6.74. The van der Waals surface area contributed by atoms with Crippen molar-refractivity contribution in [2.45, 2.75) is 26.2 Å². The van der Waals surface area contributed by atoms with Gasteiger partial charge in [0.1, 0.15) is 0 Å². The summed E-state index contributed by atoms with van der Waals surface area (Å²) in [6.07, 6.45) is 9.04. The molecule has 2 aromatic carbocycles. The van der Waals surface area contributed by atoms with Gasteiger partial charge in [0.05, 0.1) is 0 Å². The molecule has 1 nitrogen and oxygen atoms in total. The molecule has 96 valence electrons. The largest absolute Gasteiger partial charge is 0.355 e. The lowest BCUT2D eigenvalue weighted by Crippen LogP contribution is -1.91. The summed E-state index contributed by atoms with van der Waals surface area (Å²) < 4.78 is 0. The second kappa shape index (κ2) is 6.66. The van der Waals surface area contributed by atoms with Crippen molar-refractivity contribution in [2.75, 3.05) is 5.32 Å². The van der Waals surface area contributed by atoms with Gasteiger partial charge in [-0.3, -0.25) is 0 Å². The van der Waals surface area contributed by atoms with E-state index in [0.717, 1.165) is 23.4 Å². The molecule has 19 heavy (non-hydrogen) atoms. The van der Waals surface area contributed by atoms with Gasteiger partial charge in [-0.05, 0) is 48.7 Å². The van der Waals surface area contributed by atoms with Gasteiger partial charge in [0.25, 0.3) is 0 Å². The molecule has 1 N–H and O–H groups in total. The highest BCUT2D eigenvalue weighted by Crippen LogP contribution is 2.18. The van der Waals surface area contributed by atoms with Crippen LogP contribution in [0, 0.1) is 12.3 Å². The van der Waals surface area contributed by atoms with Gasteiger partial charge in [0.2, 0.25) is 0 Å². The summed E-state index contributed by atoms with van der Waals surface area (Å²) >= 11 is 0. The van der Waals surface area contributed by atoms with Crippen LogP contribution >= 0.6 is 0 Å². The number of unbranched alkanes of at least 4 members (excludes halogenated alkanes) is 1. The maximum absolute atomic E-state index is 5.40. The molecule has 0 amide bonds. The molecule has 0 fully saturated rings. The van der Waals surface area contributed by atoms with E-state index in [1.807, 2.05) is 24.3 Å². The van der Waals surface area contributed by atoms with Crippen LogP contribution in [0.3, 0.4) is 0 Å². The number of nitrogens with one attached hydrogen (secondary N) is 1. The quantitative estimate of drug-likeness (QED) is 0.754. The topological polar surface area (TPSA) is 12.0 Å². The summed E-state index contributed by atoms with van der Waals surface area (Å²) in [5.41, 5.74) is 4.40. The number of aryl methyl sites for hydroxylation is 1. The third-order valence-corrected chi connectivity index (χ3v) is 3.09. The average molecular weight is 249 g/mol. The number of benzene rings is 2. The summed E-state index contributed by atoms with van der Waals surface area (Å²) in [7, 11) is 0. The molecule has 0 spiro atoms. The molecular formula is C18H19N. The number of rotatable bonds is 5. The Balaban J connectivity index is 2.04. The van der Waals surface area contributed by atoms with E-state index >= 15 is 0 Å². The fourth-order valence-corrected chi connectivity index (χ4v) is 1.99. The third-order valence-electron chi connectivity index (χ3n) is 3.09. The highest BCUT2D eigenvalue weighted by molar-refractivity contribution is 5.61. The zero-order valence-corrected chi connectivity index (χ0v) is 11.3. The first-order chi connectivity index (χ1) is 9.31. The summed E-state index contributed by atoms with van der Waals surface area (Å²) in [4.78, 5) is 0. The van der Waals surface area contributed by atoms with Crippen molar-refractivity contribution in [3.63, 3.8) is 0 Å². The Morgan fingerprint density at radius 1 is 1.05 bits per heavy atom. The van der Waals surface area contributed by atoms with Crippen molar-refractivity contribution in [1.29, 1.82) is 0 Å². The van der Waals surface area contributed by atoms with Gasteiger partial charge < -0.3 is 5.32 Å². The molecular weight excluding hydrogens is 230 g/mol. The minimum atomic E-state index is 0.893. The SMILES string of the molecule is C#Cc1cccc(Nc2ccc(CCCC)cc2)c1. The van der Waals surface area contributed by atoms with E-state index in [9.17, 15) is 0 Å². The zero-order valence-electron chi connectivity index (χ0n) is 11.3. The molecule has 2 aromatic rings. The third kappa shape index (κ3) is 3.89. The molecule has 0 atom stereocenters. The Labute approximate surface area is 115 Å². The zero-order chi connectivity index (χ0) is 13.5. The van der Waals surface area contributed by atoms with E-state index in [4.69, 9.17) is 6.42 Å². The predicted molar refractivity (Wildman–Crippen MR) is 82.7 cm³/mol. The molecule has 0 aliphatic heterocycles. The van der Waals surface area contributed by atoms with Crippen LogP contribution < -0.4 is 5.32 Å². The lowest BCUT2D eigenvalue weighted by Gasteiger charge is -2.08. The fourth-order valence-electron chi connectivity index (χ4n) is 1.99. The van der Waals surface area contributed by atoms with Crippen molar-refractivity contribution in [2.24, 2.45) is 0 Å². The van der Waals surface area contributed by atoms with Crippen LogP contribution in [0.25, 0.3) is 0 Å². The first-order valence-corrected chi connectivity index (χ1v) is 6.74. The van der Waals surface area contributed by atoms with Gasteiger partial charge in [-0.2, -0.15) is 0 Å². The van der Waals surface area contributed by atoms with Crippen molar-refractivity contribution in [3.05, 3.63) is 59.7 Å². The molecule has 0 saturated carbocycles. The van der Waals surface area contributed by atoms with E-state index in [1.54, 1.807) is 0 Å². The van der Waals surface area contributed by atoms with Gasteiger partial charge >= 0.3 is 0 Å². The van der Waals surface area contributed by atoms with Crippen molar-refractivity contribution in [1.82, 2.24) is 0 Å². The van der Waals surface area contributed by atoms with E-state index in [1.165, 1.54) is 18.4 Å². The van der Waals surface area contributed by atoms with Crippen LogP contribution in [0.4, 0.5) is 11.4 Å². The number of terminal acetylenes is 1. The Bertz CT molecular complexity index is 561. The van der Waals surface area contributed by atoms with Gasteiger partial charge in [0, 0.05) is 16.9 Å². The monoisotopic (exact) mass is 249 g/mol. The van der Waals surface area contributed by atoms with Crippen molar-refractivity contribution < 1.29 is 0 Å². The van der Waals surface area contributed by atoms with Gasteiger partial charge in [-0.15, -0.1) is 6.42 Å². The normalized spacial score (nSPS) is 9.89. The summed E-state index contributed by atoms with van der Waals surface area (Å²) in [6, 6.07) is 16.5. The molecule has 0 aliphatic carbocycles. The number of hydrogen-bond acceptors (Lipinski definition) is 1. The minimum Gasteiger partial charge on any atom is -0.355 e. The number of hydrogen-bond donors (Lipinski definition) is 1. The summed E-state index contributed by atoms with van der Waals surface area (Å²) in [5, 5.41) is 3.37. The second-order valence-corrected chi connectivity index (χ2v) is 4.65. The molecule has 0 unspecified atom stereocenters. The van der Waals surface area contributed by atoms with Crippen LogP contribution in [0.5, 0.6) is 0 Å². The smallest absolute Gasteiger partial charge is 0.0396 e. The van der Waals surface area contributed by atoms with Crippen molar-refractivity contribution in [3.8, 4) is 12.3 Å². The van der Waals surface area contributed by atoms with E-state index in [0.29, 0.717) is 0 Å². The number of anilines is 2. The van der Waals surface area contributed by atoms with E-state index in [-0.39, 0.29) is 0 Å².